The molecule has 2 N–H and O–H groups in total. The molecule has 0 aliphatic rings. The van der Waals surface area contributed by atoms with Crippen LogP contribution in [0.1, 0.15) is 10.5 Å². The maximum atomic E-state index is 12.4. The Kier molecular flexibility index (Phi) is 5.48. The van der Waals surface area contributed by atoms with Gasteiger partial charge in [0.05, 0.1) is 19.9 Å². The molecule has 0 aliphatic heterocycles. The van der Waals surface area contributed by atoms with Crippen LogP contribution in [0.3, 0.4) is 0 Å². The molecular weight excluding hydrogens is 350 g/mol. The second-order valence-electron chi connectivity index (χ2n) is 5.42. The highest BCUT2D eigenvalue weighted by atomic mass is 32.2. The number of thioether (sulfide) groups is 1. The van der Waals surface area contributed by atoms with Crippen molar-refractivity contribution in [2.24, 2.45) is 0 Å². The van der Waals surface area contributed by atoms with Gasteiger partial charge in [-0.2, -0.15) is 5.10 Å². The molecule has 0 fully saturated rings. The van der Waals surface area contributed by atoms with Gasteiger partial charge in [-0.25, -0.2) is 0 Å². The van der Waals surface area contributed by atoms with Gasteiger partial charge in [0.15, 0.2) is 0 Å². The number of ether oxygens (including phenoxy) is 2. The van der Waals surface area contributed by atoms with Crippen LogP contribution in [0.4, 0.5) is 5.69 Å². The van der Waals surface area contributed by atoms with Gasteiger partial charge in [0, 0.05) is 22.2 Å². The van der Waals surface area contributed by atoms with Gasteiger partial charge in [-0.15, -0.1) is 11.8 Å². The highest BCUT2D eigenvalue weighted by molar-refractivity contribution is 7.98. The zero-order valence-corrected chi connectivity index (χ0v) is 15.5. The van der Waals surface area contributed by atoms with E-state index < -0.39 is 0 Å². The van der Waals surface area contributed by atoms with Crippen LogP contribution in [0.5, 0.6) is 11.5 Å². The van der Waals surface area contributed by atoms with Crippen molar-refractivity contribution in [3.05, 3.63) is 54.2 Å². The van der Waals surface area contributed by atoms with E-state index in [9.17, 15) is 4.79 Å². The molecule has 7 heteroatoms. The first-order valence-corrected chi connectivity index (χ1v) is 9.10. The first-order valence-electron chi connectivity index (χ1n) is 7.88. The fourth-order valence-corrected chi connectivity index (χ4v) is 2.87. The van der Waals surface area contributed by atoms with E-state index >= 15 is 0 Å². The molecule has 0 unspecified atom stereocenters. The molecule has 0 radical (unpaired) electrons. The van der Waals surface area contributed by atoms with E-state index in [-0.39, 0.29) is 5.91 Å². The SMILES string of the molecule is COc1ccc(-c2cc(C(=O)Nc3ccc(SC)cc3)[nH]n2)c(OC)c1. The lowest BCUT2D eigenvalue weighted by atomic mass is 10.1. The summed E-state index contributed by atoms with van der Waals surface area (Å²) in [5, 5.41) is 9.85. The summed E-state index contributed by atoms with van der Waals surface area (Å²) in [4.78, 5) is 13.6. The average molecular weight is 369 g/mol. The number of benzene rings is 2. The second-order valence-corrected chi connectivity index (χ2v) is 6.30. The van der Waals surface area contributed by atoms with Crippen molar-refractivity contribution >= 4 is 23.4 Å². The quantitative estimate of drug-likeness (QED) is 0.641. The summed E-state index contributed by atoms with van der Waals surface area (Å²) in [5.74, 6) is 1.05. The van der Waals surface area contributed by atoms with Crippen molar-refractivity contribution in [1.82, 2.24) is 10.2 Å². The van der Waals surface area contributed by atoms with Crippen LogP contribution in [-0.2, 0) is 0 Å². The summed E-state index contributed by atoms with van der Waals surface area (Å²) in [6, 6.07) is 14.8. The topological polar surface area (TPSA) is 76.2 Å². The van der Waals surface area contributed by atoms with Crippen LogP contribution in [-0.4, -0.2) is 36.6 Å². The van der Waals surface area contributed by atoms with Gasteiger partial charge in [-0.1, -0.05) is 0 Å². The molecule has 1 aromatic heterocycles. The van der Waals surface area contributed by atoms with Gasteiger partial charge in [-0.05, 0) is 48.7 Å². The van der Waals surface area contributed by atoms with Crippen molar-refractivity contribution in [2.75, 3.05) is 25.8 Å². The standard InChI is InChI=1S/C19H19N3O3S/c1-24-13-6-9-15(18(10-13)25-2)16-11-17(22-21-16)19(23)20-12-4-7-14(26-3)8-5-12/h4-11H,1-3H3,(H,20,23)(H,21,22). The molecule has 0 atom stereocenters. The third-order valence-corrected chi connectivity index (χ3v) is 4.60. The molecule has 1 heterocycles. The van der Waals surface area contributed by atoms with Gasteiger partial charge in [0.2, 0.25) is 0 Å². The zero-order chi connectivity index (χ0) is 18.5. The van der Waals surface area contributed by atoms with Crippen LogP contribution >= 0.6 is 11.8 Å². The van der Waals surface area contributed by atoms with Crippen molar-refractivity contribution in [1.29, 1.82) is 0 Å². The number of carbonyl (C=O) groups is 1. The minimum absolute atomic E-state index is 0.256. The third-order valence-electron chi connectivity index (χ3n) is 3.86. The molecule has 0 aliphatic carbocycles. The molecular formula is C19H19N3O3S. The smallest absolute Gasteiger partial charge is 0.273 e. The van der Waals surface area contributed by atoms with Gasteiger partial charge in [-0.3, -0.25) is 9.89 Å². The summed E-state index contributed by atoms with van der Waals surface area (Å²) >= 11 is 1.65. The van der Waals surface area contributed by atoms with Gasteiger partial charge < -0.3 is 14.8 Å². The minimum Gasteiger partial charge on any atom is -0.497 e. The van der Waals surface area contributed by atoms with E-state index in [2.05, 4.69) is 15.5 Å². The monoisotopic (exact) mass is 369 g/mol. The Labute approximate surface area is 155 Å². The number of hydrogen-bond donors (Lipinski definition) is 2. The van der Waals surface area contributed by atoms with Gasteiger partial charge >= 0.3 is 0 Å². The number of nitrogens with zero attached hydrogens (tertiary/aromatic N) is 1. The molecule has 2 aromatic carbocycles. The van der Waals surface area contributed by atoms with Crippen LogP contribution in [0.15, 0.2) is 53.4 Å². The number of rotatable bonds is 6. The predicted molar refractivity (Wildman–Crippen MR) is 103 cm³/mol. The molecule has 3 rings (SSSR count). The zero-order valence-electron chi connectivity index (χ0n) is 14.7. The van der Waals surface area contributed by atoms with E-state index in [1.807, 2.05) is 42.7 Å². The number of nitrogens with one attached hydrogen (secondary N) is 2. The molecule has 0 spiro atoms. The Hall–Kier alpha value is -2.93. The Morgan fingerprint density at radius 3 is 2.50 bits per heavy atom. The van der Waals surface area contributed by atoms with E-state index in [1.54, 1.807) is 38.1 Å². The maximum Gasteiger partial charge on any atom is 0.273 e. The average Bonchev–Trinajstić information content (AvgIpc) is 3.18. The largest absolute Gasteiger partial charge is 0.497 e. The molecule has 0 saturated carbocycles. The van der Waals surface area contributed by atoms with Gasteiger partial charge in [0.25, 0.3) is 5.91 Å². The maximum absolute atomic E-state index is 12.4. The number of aromatic amines is 1. The summed E-state index contributed by atoms with van der Waals surface area (Å²) < 4.78 is 10.6. The predicted octanol–water partition coefficient (Wildman–Crippen LogP) is 4.07. The number of methoxy groups -OCH3 is 2. The van der Waals surface area contributed by atoms with Crippen molar-refractivity contribution in [2.45, 2.75) is 4.90 Å². The van der Waals surface area contributed by atoms with E-state index in [4.69, 9.17) is 9.47 Å². The second kappa shape index (κ2) is 7.97. The molecule has 134 valence electrons. The van der Waals surface area contributed by atoms with E-state index in [1.165, 1.54) is 0 Å². The Balaban J connectivity index is 1.79. The normalized spacial score (nSPS) is 10.4. The minimum atomic E-state index is -0.256. The summed E-state index contributed by atoms with van der Waals surface area (Å²) in [7, 11) is 3.17. The molecule has 26 heavy (non-hydrogen) atoms. The molecule has 6 nitrogen and oxygen atoms in total. The van der Waals surface area contributed by atoms with E-state index in [0.29, 0.717) is 22.9 Å². The lowest BCUT2D eigenvalue weighted by Crippen LogP contribution is -2.12. The Morgan fingerprint density at radius 1 is 1.08 bits per heavy atom. The van der Waals surface area contributed by atoms with E-state index in [0.717, 1.165) is 16.1 Å². The lowest BCUT2D eigenvalue weighted by molar-refractivity contribution is 0.102. The molecule has 0 bridgehead atoms. The van der Waals surface area contributed by atoms with Crippen LogP contribution < -0.4 is 14.8 Å². The van der Waals surface area contributed by atoms with Crippen molar-refractivity contribution in [3.8, 4) is 22.8 Å². The summed E-state index contributed by atoms with van der Waals surface area (Å²) in [6.07, 6.45) is 2.01. The Bertz CT molecular complexity index is 907. The molecule has 3 aromatic rings. The fourth-order valence-electron chi connectivity index (χ4n) is 2.46. The van der Waals surface area contributed by atoms with Crippen LogP contribution in [0.2, 0.25) is 0 Å². The highest BCUT2D eigenvalue weighted by Gasteiger charge is 2.15. The highest BCUT2D eigenvalue weighted by Crippen LogP contribution is 2.32. The number of amides is 1. The first-order chi connectivity index (χ1) is 12.6. The molecule has 1 amide bonds. The lowest BCUT2D eigenvalue weighted by Gasteiger charge is -2.08. The Morgan fingerprint density at radius 2 is 1.85 bits per heavy atom. The van der Waals surface area contributed by atoms with Crippen molar-refractivity contribution < 1.29 is 14.3 Å². The first kappa shape index (κ1) is 17.9. The number of carbonyl (C=O) groups excluding carboxylic acids is 1. The third kappa shape index (κ3) is 3.83. The number of aromatic nitrogens is 2. The van der Waals surface area contributed by atoms with Crippen LogP contribution in [0.25, 0.3) is 11.3 Å². The summed E-state index contributed by atoms with van der Waals surface area (Å²) in [6.45, 7) is 0. The van der Waals surface area contributed by atoms with Gasteiger partial charge in [0.1, 0.15) is 17.2 Å². The fraction of sp³-hybridized carbons (Fsp3) is 0.158. The number of H-pyrrole nitrogens is 1. The summed E-state index contributed by atoms with van der Waals surface area (Å²) in [5.41, 5.74) is 2.48. The number of anilines is 1. The number of hydrogen-bond acceptors (Lipinski definition) is 5. The van der Waals surface area contributed by atoms with Crippen molar-refractivity contribution in [3.63, 3.8) is 0 Å². The molecule has 0 saturated heterocycles. The van der Waals surface area contributed by atoms with Crippen LogP contribution in [0, 0.1) is 0 Å².